The van der Waals surface area contributed by atoms with Crippen molar-refractivity contribution < 1.29 is 9.59 Å². The third-order valence-electron chi connectivity index (χ3n) is 6.68. The summed E-state index contributed by atoms with van der Waals surface area (Å²) in [6.45, 7) is 5.22. The van der Waals surface area contributed by atoms with E-state index in [0.29, 0.717) is 11.1 Å². The van der Waals surface area contributed by atoms with Gasteiger partial charge in [-0.3, -0.25) is 14.6 Å². The summed E-state index contributed by atoms with van der Waals surface area (Å²) >= 11 is 0. The molecule has 6 nitrogen and oxygen atoms in total. The Kier molecular flexibility index (Phi) is 7.38. The summed E-state index contributed by atoms with van der Waals surface area (Å²) in [6.07, 6.45) is 4.28. The minimum Gasteiger partial charge on any atom is -0.336 e. The number of anilines is 1. The third kappa shape index (κ3) is 5.76. The van der Waals surface area contributed by atoms with Crippen molar-refractivity contribution in [2.75, 3.05) is 31.5 Å². The lowest BCUT2D eigenvalue weighted by molar-refractivity contribution is 0.0735. The van der Waals surface area contributed by atoms with Crippen LogP contribution in [0.1, 0.15) is 33.2 Å². The Labute approximate surface area is 217 Å². The second-order valence-electron chi connectivity index (χ2n) is 9.17. The summed E-state index contributed by atoms with van der Waals surface area (Å²) in [4.78, 5) is 31.8. The van der Waals surface area contributed by atoms with Gasteiger partial charge in [0.1, 0.15) is 0 Å². The van der Waals surface area contributed by atoms with E-state index in [4.69, 9.17) is 0 Å². The quantitative estimate of drug-likeness (QED) is 0.386. The fourth-order valence-electron chi connectivity index (χ4n) is 4.50. The van der Waals surface area contributed by atoms with Gasteiger partial charge in [-0.1, -0.05) is 55.5 Å². The van der Waals surface area contributed by atoms with E-state index in [1.807, 2.05) is 59.5 Å². The molecule has 2 amide bonds. The number of amides is 2. The number of carbonyl (C=O) groups is 2. The molecule has 0 aliphatic carbocycles. The zero-order valence-electron chi connectivity index (χ0n) is 20.9. The Morgan fingerprint density at radius 2 is 1.51 bits per heavy atom. The molecule has 186 valence electrons. The number of hydrogen-bond donors (Lipinski definition) is 2. The Morgan fingerprint density at radius 3 is 2.24 bits per heavy atom. The molecule has 3 aromatic carbocycles. The number of rotatable bonds is 6. The molecular formula is C31H30N4O2. The number of hydrogen-bond acceptors (Lipinski definition) is 4. The van der Waals surface area contributed by atoms with Gasteiger partial charge < -0.3 is 15.5 Å². The van der Waals surface area contributed by atoms with Crippen molar-refractivity contribution in [1.82, 2.24) is 15.2 Å². The second-order valence-corrected chi connectivity index (χ2v) is 9.17. The number of carbonyl (C=O) groups excluding carboxylic acids is 2. The van der Waals surface area contributed by atoms with E-state index in [9.17, 15) is 9.59 Å². The lowest BCUT2D eigenvalue weighted by atomic mass is 10.0. The molecule has 2 N–H and O–H groups in total. The Bertz CT molecular complexity index is 1390. The zero-order valence-corrected chi connectivity index (χ0v) is 20.9. The molecule has 0 radical (unpaired) electrons. The van der Waals surface area contributed by atoms with Gasteiger partial charge in [-0.2, -0.15) is 0 Å². The number of benzene rings is 3. The number of pyridine rings is 1. The highest BCUT2D eigenvalue weighted by Crippen LogP contribution is 2.24. The van der Waals surface area contributed by atoms with Crippen molar-refractivity contribution in [3.05, 3.63) is 108 Å². The van der Waals surface area contributed by atoms with Gasteiger partial charge in [0.05, 0.1) is 5.56 Å². The van der Waals surface area contributed by atoms with Crippen LogP contribution < -0.4 is 10.6 Å². The average Bonchev–Trinajstić information content (AvgIpc) is 2.98. The van der Waals surface area contributed by atoms with Gasteiger partial charge in [-0.25, -0.2) is 0 Å². The van der Waals surface area contributed by atoms with Gasteiger partial charge in [0.2, 0.25) is 0 Å². The van der Waals surface area contributed by atoms with Crippen LogP contribution in [0.15, 0.2) is 91.3 Å². The molecule has 1 fully saturated rings. The predicted molar refractivity (Wildman–Crippen MR) is 148 cm³/mol. The van der Waals surface area contributed by atoms with Crippen molar-refractivity contribution in [1.29, 1.82) is 0 Å². The number of nitrogens with zero attached hydrogens (tertiary/aromatic N) is 2. The van der Waals surface area contributed by atoms with E-state index in [1.165, 1.54) is 5.56 Å². The Balaban J connectivity index is 1.26. The van der Waals surface area contributed by atoms with Crippen molar-refractivity contribution in [3.8, 4) is 22.3 Å². The van der Waals surface area contributed by atoms with Crippen LogP contribution in [0.3, 0.4) is 0 Å². The molecule has 1 aliphatic heterocycles. The monoisotopic (exact) mass is 490 g/mol. The molecule has 0 bridgehead atoms. The highest BCUT2D eigenvalue weighted by molar-refractivity contribution is 6.04. The third-order valence-corrected chi connectivity index (χ3v) is 6.68. The van der Waals surface area contributed by atoms with Crippen molar-refractivity contribution in [2.24, 2.45) is 0 Å². The van der Waals surface area contributed by atoms with Crippen LogP contribution >= 0.6 is 0 Å². The molecule has 4 aromatic rings. The zero-order chi connectivity index (χ0) is 25.6. The molecule has 1 saturated heterocycles. The maximum absolute atomic E-state index is 12.9. The van der Waals surface area contributed by atoms with Crippen LogP contribution in [-0.4, -0.2) is 47.9 Å². The second kappa shape index (κ2) is 11.2. The van der Waals surface area contributed by atoms with E-state index in [2.05, 4.69) is 46.8 Å². The van der Waals surface area contributed by atoms with Crippen LogP contribution in [0, 0.1) is 0 Å². The molecule has 1 aromatic heterocycles. The first-order valence-corrected chi connectivity index (χ1v) is 12.7. The fourth-order valence-corrected chi connectivity index (χ4v) is 4.50. The van der Waals surface area contributed by atoms with Crippen LogP contribution in [0.4, 0.5) is 5.69 Å². The van der Waals surface area contributed by atoms with E-state index in [1.54, 1.807) is 12.4 Å². The molecular weight excluding hydrogens is 460 g/mol. The maximum atomic E-state index is 12.9. The average molecular weight is 491 g/mol. The van der Waals surface area contributed by atoms with Gasteiger partial charge in [0, 0.05) is 55.4 Å². The van der Waals surface area contributed by atoms with Crippen LogP contribution in [0.5, 0.6) is 0 Å². The number of aromatic nitrogens is 1. The lowest BCUT2D eigenvalue weighted by Crippen LogP contribution is -2.46. The maximum Gasteiger partial charge on any atom is 0.257 e. The molecule has 2 heterocycles. The van der Waals surface area contributed by atoms with E-state index < -0.39 is 0 Å². The lowest BCUT2D eigenvalue weighted by Gasteiger charge is -2.27. The van der Waals surface area contributed by atoms with E-state index in [-0.39, 0.29) is 11.8 Å². The summed E-state index contributed by atoms with van der Waals surface area (Å²) in [5.41, 5.74) is 7.14. The first kappa shape index (κ1) is 24.4. The summed E-state index contributed by atoms with van der Waals surface area (Å²) in [7, 11) is 0. The van der Waals surface area contributed by atoms with Gasteiger partial charge in [-0.15, -0.1) is 0 Å². The highest BCUT2D eigenvalue weighted by Gasteiger charge is 2.18. The summed E-state index contributed by atoms with van der Waals surface area (Å²) in [6, 6.07) is 25.6. The molecule has 1 aliphatic rings. The topological polar surface area (TPSA) is 74.3 Å². The molecule has 5 rings (SSSR count). The van der Waals surface area contributed by atoms with Crippen LogP contribution in [0.2, 0.25) is 0 Å². The minimum absolute atomic E-state index is 0.0448. The minimum atomic E-state index is -0.222. The SMILES string of the molecule is CCc1cccc(-c2ccc(NC(=O)c3cncc(-c4ccc(C(=O)N5CCNCC5)cc4)c3)cc2)c1. The van der Waals surface area contributed by atoms with Crippen LogP contribution in [-0.2, 0) is 6.42 Å². The number of aryl methyl sites for hydroxylation is 1. The Hall–Kier alpha value is -4.29. The highest BCUT2D eigenvalue weighted by atomic mass is 16.2. The summed E-state index contributed by atoms with van der Waals surface area (Å²) in [5.74, 6) is -0.177. The molecule has 0 spiro atoms. The number of piperazine rings is 1. The normalized spacial score (nSPS) is 13.3. The number of nitrogens with one attached hydrogen (secondary N) is 2. The first-order valence-electron chi connectivity index (χ1n) is 12.7. The molecule has 6 heteroatoms. The standard InChI is InChI=1S/C31H30N4O2/c1-2-22-4-3-5-26(18-22)23-10-12-29(13-11-23)34-30(36)28-19-27(20-33-21-28)24-6-8-25(9-7-24)31(37)35-16-14-32-15-17-35/h3-13,18-21,32H,2,14-17H2,1H3,(H,34,36). The Morgan fingerprint density at radius 1 is 0.811 bits per heavy atom. The molecule has 0 saturated carbocycles. The predicted octanol–water partition coefficient (Wildman–Crippen LogP) is 5.28. The fraction of sp³-hybridized carbons (Fsp3) is 0.194. The largest absolute Gasteiger partial charge is 0.336 e. The smallest absolute Gasteiger partial charge is 0.257 e. The first-order chi connectivity index (χ1) is 18.1. The molecule has 37 heavy (non-hydrogen) atoms. The van der Waals surface area contributed by atoms with Gasteiger partial charge in [-0.05, 0) is 59.0 Å². The van der Waals surface area contributed by atoms with Crippen molar-refractivity contribution in [3.63, 3.8) is 0 Å². The van der Waals surface area contributed by atoms with Crippen molar-refractivity contribution >= 4 is 17.5 Å². The summed E-state index contributed by atoms with van der Waals surface area (Å²) < 4.78 is 0. The molecule has 0 atom stereocenters. The summed E-state index contributed by atoms with van der Waals surface area (Å²) in [5, 5.41) is 6.22. The van der Waals surface area contributed by atoms with Crippen LogP contribution in [0.25, 0.3) is 22.3 Å². The van der Waals surface area contributed by atoms with E-state index in [0.717, 1.165) is 60.5 Å². The van der Waals surface area contributed by atoms with Crippen molar-refractivity contribution in [2.45, 2.75) is 13.3 Å². The molecule has 0 unspecified atom stereocenters. The van der Waals surface area contributed by atoms with Gasteiger partial charge in [0.25, 0.3) is 11.8 Å². The van der Waals surface area contributed by atoms with Gasteiger partial charge >= 0.3 is 0 Å². The van der Waals surface area contributed by atoms with E-state index >= 15 is 0 Å². The van der Waals surface area contributed by atoms with Gasteiger partial charge in [0.15, 0.2) is 0 Å².